The van der Waals surface area contributed by atoms with Crippen LogP contribution in [0.5, 0.6) is 0 Å². The van der Waals surface area contributed by atoms with E-state index in [1.165, 1.54) is 12.1 Å². The molecule has 5 nitrogen and oxygen atoms in total. The molecule has 2 atom stereocenters. The maximum absolute atomic E-state index is 12.9. The maximum Gasteiger partial charge on any atom is 0.226 e. The van der Waals surface area contributed by atoms with Crippen LogP contribution in [0.1, 0.15) is 27.2 Å². The lowest BCUT2D eigenvalue weighted by Gasteiger charge is -2.43. The fraction of sp³-hybridized carbons (Fsp3) is 0.588. The van der Waals surface area contributed by atoms with E-state index in [1.54, 1.807) is 11.8 Å². The topological polar surface area (TPSA) is 80.5 Å². The van der Waals surface area contributed by atoms with Gasteiger partial charge in [0, 0.05) is 25.0 Å². The van der Waals surface area contributed by atoms with Crippen LogP contribution in [0.3, 0.4) is 0 Å². The molecule has 0 radical (unpaired) electrons. The number of sulfone groups is 1. The predicted molar refractivity (Wildman–Crippen MR) is 90.6 cm³/mol. The largest absolute Gasteiger partial charge is 0.342 e. The van der Waals surface area contributed by atoms with Gasteiger partial charge >= 0.3 is 0 Å². The van der Waals surface area contributed by atoms with Gasteiger partial charge in [-0.05, 0) is 36.1 Å². The lowest BCUT2D eigenvalue weighted by Crippen LogP contribution is -2.55. The number of piperidine rings is 1. The molecule has 0 aromatic heterocycles. The van der Waals surface area contributed by atoms with Crippen molar-refractivity contribution in [3.05, 3.63) is 30.1 Å². The Morgan fingerprint density at radius 2 is 1.96 bits per heavy atom. The number of hydrogen-bond acceptors (Lipinski definition) is 4. The minimum atomic E-state index is -3.64. The highest BCUT2D eigenvalue weighted by atomic mass is 32.2. The summed E-state index contributed by atoms with van der Waals surface area (Å²) in [6.07, 6.45) is 0.705. The third-order valence-corrected chi connectivity index (χ3v) is 6.62. The molecule has 1 aromatic rings. The van der Waals surface area contributed by atoms with Crippen molar-refractivity contribution in [2.24, 2.45) is 17.1 Å². The second-order valence-electron chi connectivity index (χ2n) is 7.28. The molecule has 134 valence electrons. The number of carbonyl (C=O) groups is 1. The molecule has 0 bridgehead atoms. The zero-order chi connectivity index (χ0) is 18.1. The summed E-state index contributed by atoms with van der Waals surface area (Å²) in [5.41, 5.74) is 5.89. The molecule has 0 saturated carbocycles. The molecule has 1 aliphatic heterocycles. The molecule has 2 unspecified atom stereocenters. The van der Waals surface area contributed by atoms with Gasteiger partial charge in [0.25, 0.3) is 0 Å². The van der Waals surface area contributed by atoms with E-state index in [4.69, 9.17) is 5.73 Å². The van der Waals surface area contributed by atoms with Gasteiger partial charge in [0.15, 0.2) is 9.84 Å². The molecule has 1 fully saturated rings. The van der Waals surface area contributed by atoms with Crippen LogP contribution < -0.4 is 5.73 Å². The van der Waals surface area contributed by atoms with Gasteiger partial charge in [-0.15, -0.1) is 0 Å². The van der Waals surface area contributed by atoms with Crippen LogP contribution in [0.2, 0.25) is 0 Å². The number of carbonyl (C=O) groups excluding carboxylic acids is 1. The number of benzene rings is 1. The average molecular weight is 356 g/mol. The van der Waals surface area contributed by atoms with Crippen molar-refractivity contribution in [2.45, 2.75) is 38.1 Å². The number of hydrogen-bond donors (Lipinski definition) is 1. The molecular formula is C17H25FN2O3S. The van der Waals surface area contributed by atoms with E-state index in [-0.39, 0.29) is 28.0 Å². The minimum Gasteiger partial charge on any atom is -0.342 e. The van der Waals surface area contributed by atoms with Crippen LogP contribution in [0.4, 0.5) is 4.39 Å². The van der Waals surface area contributed by atoms with Crippen molar-refractivity contribution in [3.63, 3.8) is 0 Å². The fourth-order valence-corrected chi connectivity index (χ4v) is 4.56. The Morgan fingerprint density at radius 1 is 1.38 bits per heavy atom. The van der Waals surface area contributed by atoms with Crippen LogP contribution in [-0.4, -0.2) is 44.1 Å². The van der Waals surface area contributed by atoms with Gasteiger partial charge in [0.1, 0.15) is 5.82 Å². The van der Waals surface area contributed by atoms with Crippen LogP contribution in [0, 0.1) is 17.2 Å². The van der Waals surface area contributed by atoms with E-state index in [0.29, 0.717) is 19.5 Å². The number of rotatable bonds is 4. The summed E-state index contributed by atoms with van der Waals surface area (Å²) in [6, 6.07) is 4.69. The summed E-state index contributed by atoms with van der Waals surface area (Å²) < 4.78 is 37.8. The Kier molecular flexibility index (Phi) is 5.34. The number of likely N-dealkylation sites (tertiary alicyclic amines) is 1. The molecule has 24 heavy (non-hydrogen) atoms. The molecule has 1 aromatic carbocycles. The van der Waals surface area contributed by atoms with Crippen molar-refractivity contribution < 1.29 is 17.6 Å². The molecule has 1 saturated heterocycles. The first-order valence-corrected chi connectivity index (χ1v) is 9.71. The number of halogens is 1. The highest BCUT2D eigenvalue weighted by Gasteiger charge is 2.37. The van der Waals surface area contributed by atoms with E-state index >= 15 is 0 Å². The molecule has 0 aliphatic carbocycles. The van der Waals surface area contributed by atoms with Gasteiger partial charge in [0.2, 0.25) is 5.91 Å². The van der Waals surface area contributed by atoms with Crippen LogP contribution in [-0.2, 0) is 14.6 Å². The van der Waals surface area contributed by atoms with Crippen molar-refractivity contribution in [1.29, 1.82) is 0 Å². The van der Waals surface area contributed by atoms with Gasteiger partial charge in [-0.25, -0.2) is 12.8 Å². The molecule has 2 rings (SSSR count). The second-order valence-corrected chi connectivity index (χ2v) is 9.31. The first kappa shape index (κ1) is 18.9. The lowest BCUT2D eigenvalue weighted by molar-refractivity contribution is -0.137. The third-order valence-electron chi connectivity index (χ3n) is 4.69. The monoisotopic (exact) mass is 356 g/mol. The van der Waals surface area contributed by atoms with Crippen LogP contribution in [0.25, 0.3) is 0 Å². The zero-order valence-corrected chi connectivity index (χ0v) is 15.1. The van der Waals surface area contributed by atoms with E-state index in [2.05, 4.69) is 0 Å². The smallest absolute Gasteiger partial charge is 0.226 e. The summed E-state index contributed by atoms with van der Waals surface area (Å²) in [5.74, 6) is -1.63. The summed E-state index contributed by atoms with van der Waals surface area (Å²) in [7, 11) is -3.64. The Hall–Kier alpha value is -1.47. The Bertz CT molecular complexity index is 701. The van der Waals surface area contributed by atoms with Gasteiger partial charge in [-0.2, -0.15) is 0 Å². The molecule has 1 amide bonds. The van der Waals surface area contributed by atoms with Crippen molar-refractivity contribution >= 4 is 15.7 Å². The molecule has 2 N–H and O–H groups in total. The molecule has 1 aliphatic rings. The normalized spacial score (nSPS) is 22.2. The number of nitrogens with two attached hydrogens (primary N) is 1. The van der Waals surface area contributed by atoms with Gasteiger partial charge in [0.05, 0.1) is 10.6 Å². The van der Waals surface area contributed by atoms with Crippen LogP contribution in [0.15, 0.2) is 29.2 Å². The number of nitrogens with zero attached hydrogens (tertiary/aromatic N) is 1. The maximum atomic E-state index is 12.9. The summed E-state index contributed by atoms with van der Waals surface area (Å²) in [6.45, 7) is 6.71. The van der Waals surface area contributed by atoms with Crippen molar-refractivity contribution in [2.75, 3.05) is 18.8 Å². The van der Waals surface area contributed by atoms with Gasteiger partial charge < -0.3 is 10.6 Å². The van der Waals surface area contributed by atoms with Crippen LogP contribution >= 0.6 is 0 Å². The summed E-state index contributed by atoms with van der Waals surface area (Å²) in [5, 5.41) is 0. The second kappa shape index (κ2) is 6.80. The Labute approximate surface area is 142 Å². The highest BCUT2D eigenvalue weighted by Crippen LogP contribution is 2.29. The first-order chi connectivity index (χ1) is 11.0. The molecule has 0 spiro atoms. The quantitative estimate of drug-likeness (QED) is 0.835. The minimum absolute atomic E-state index is 0.0276. The predicted octanol–water partition coefficient (Wildman–Crippen LogP) is 1.82. The van der Waals surface area contributed by atoms with E-state index in [9.17, 15) is 17.6 Å². The summed E-state index contributed by atoms with van der Waals surface area (Å²) in [4.78, 5) is 14.4. The molecular weight excluding hydrogens is 331 g/mol. The highest BCUT2D eigenvalue weighted by molar-refractivity contribution is 7.91. The first-order valence-electron chi connectivity index (χ1n) is 8.05. The Balaban J connectivity index is 2.07. The Morgan fingerprint density at radius 3 is 2.50 bits per heavy atom. The zero-order valence-electron chi connectivity index (χ0n) is 14.3. The standard InChI is InChI=1S/C17H25FN2O3S/c1-12(10-24(22,23)14-6-4-13(18)5-7-14)16(21)20-9-8-15(19)17(2,3)11-20/h4-7,12,15H,8-11,19H2,1-3H3. The lowest BCUT2D eigenvalue weighted by atomic mass is 9.79. The van der Waals surface area contributed by atoms with E-state index < -0.39 is 21.6 Å². The SMILES string of the molecule is CC(CS(=O)(=O)c1ccc(F)cc1)C(=O)N1CCC(N)C(C)(C)C1. The summed E-state index contributed by atoms with van der Waals surface area (Å²) >= 11 is 0. The van der Waals surface area contributed by atoms with Crippen molar-refractivity contribution in [3.8, 4) is 0 Å². The third kappa shape index (κ3) is 4.13. The van der Waals surface area contributed by atoms with Gasteiger partial charge in [-0.3, -0.25) is 4.79 Å². The number of amides is 1. The fourth-order valence-electron chi connectivity index (χ4n) is 3.01. The van der Waals surface area contributed by atoms with Crippen molar-refractivity contribution in [1.82, 2.24) is 4.90 Å². The molecule has 1 heterocycles. The van der Waals surface area contributed by atoms with E-state index in [1.807, 2.05) is 13.8 Å². The molecule has 7 heteroatoms. The average Bonchev–Trinajstić information content (AvgIpc) is 2.49. The van der Waals surface area contributed by atoms with Gasteiger partial charge in [-0.1, -0.05) is 20.8 Å². The van der Waals surface area contributed by atoms with E-state index in [0.717, 1.165) is 12.1 Å².